The predicted molar refractivity (Wildman–Crippen MR) is 168 cm³/mol. The van der Waals surface area contributed by atoms with Crippen LogP contribution in [0.3, 0.4) is 0 Å². The minimum absolute atomic E-state index is 0.0570. The monoisotopic (exact) mass is 639 g/mol. The lowest BCUT2D eigenvalue weighted by atomic mass is 9.90. The molecule has 5 saturated heterocycles. The van der Waals surface area contributed by atoms with Crippen LogP contribution in [0.25, 0.3) is 0 Å². The first-order valence-corrected chi connectivity index (χ1v) is 18.5. The van der Waals surface area contributed by atoms with Crippen LogP contribution in [0.2, 0.25) is 0 Å². The molecule has 42 heavy (non-hydrogen) atoms. The zero-order valence-electron chi connectivity index (χ0n) is 23.9. The number of morpholine rings is 1. The third-order valence-electron chi connectivity index (χ3n) is 9.94. The maximum atomic E-state index is 13.1. The van der Waals surface area contributed by atoms with Crippen molar-refractivity contribution in [3.63, 3.8) is 0 Å². The Bertz CT molecular complexity index is 1050. The predicted octanol–water partition coefficient (Wildman–Crippen LogP) is -1.09. The van der Waals surface area contributed by atoms with Gasteiger partial charge in [-0.3, -0.25) is 30.9 Å². The summed E-state index contributed by atoms with van der Waals surface area (Å²) in [5.74, 6) is 1.98. The summed E-state index contributed by atoms with van der Waals surface area (Å²) in [4.78, 5) is 28.3. The van der Waals surface area contributed by atoms with Crippen molar-refractivity contribution in [2.24, 2.45) is 23.3 Å². The molecule has 1 saturated carbocycles. The molecule has 1 aliphatic carbocycles. The fraction of sp³-hybridized carbons (Fsp3) is 0.852. The smallest absolute Gasteiger partial charge is 0.226 e. The molecule has 1 amide bonds. The maximum Gasteiger partial charge on any atom is 0.226 e. The van der Waals surface area contributed by atoms with Crippen molar-refractivity contribution in [1.82, 2.24) is 36.6 Å². The summed E-state index contributed by atoms with van der Waals surface area (Å²) in [6.45, 7) is 3.73. The van der Waals surface area contributed by atoms with Crippen LogP contribution in [0.4, 0.5) is 0 Å². The number of nitrogens with zero attached hydrogens (tertiary/aromatic N) is 2. The number of hydrogen-bond acceptors (Lipinski definition) is 14. The quantitative estimate of drug-likeness (QED) is 0.180. The van der Waals surface area contributed by atoms with Crippen LogP contribution in [-0.4, -0.2) is 119 Å². The van der Waals surface area contributed by atoms with E-state index >= 15 is 0 Å². The van der Waals surface area contributed by atoms with Crippen molar-refractivity contribution in [3.05, 3.63) is 11.1 Å². The van der Waals surface area contributed by atoms with Gasteiger partial charge in [-0.15, -0.1) is 23.5 Å². The zero-order chi connectivity index (χ0) is 28.8. The van der Waals surface area contributed by atoms with Crippen molar-refractivity contribution in [2.45, 2.75) is 84.6 Å². The highest BCUT2D eigenvalue weighted by molar-refractivity contribution is 8.07. The van der Waals surface area contributed by atoms with Crippen LogP contribution < -0.4 is 38.2 Å². The number of hydrogen-bond donors (Lipinski definition) is 7. The van der Waals surface area contributed by atoms with Crippen LogP contribution in [0.1, 0.15) is 32.1 Å². The lowest BCUT2D eigenvalue weighted by Crippen LogP contribution is -2.77. The van der Waals surface area contributed by atoms with Gasteiger partial charge in [0.25, 0.3) is 0 Å². The summed E-state index contributed by atoms with van der Waals surface area (Å²) in [5, 5.41) is 18.7. The average molecular weight is 640 g/mol. The number of thioether (sulfide) groups is 3. The van der Waals surface area contributed by atoms with Gasteiger partial charge in [-0.1, -0.05) is 12.8 Å². The van der Waals surface area contributed by atoms with E-state index in [1.54, 1.807) is 0 Å². The third-order valence-corrected chi connectivity index (χ3v) is 14.7. The van der Waals surface area contributed by atoms with Crippen LogP contribution in [0, 0.1) is 11.8 Å². The molecule has 6 heterocycles. The number of rotatable bonds is 7. The number of carbonyl (C=O) groups is 2. The fourth-order valence-electron chi connectivity index (χ4n) is 7.69. The molecule has 0 radical (unpaired) electrons. The van der Waals surface area contributed by atoms with Crippen molar-refractivity contribution in [1.29, 1.82) is 0 Å². The second kappa shape index (κ2) is 13.0. The number of carbonyl (C=O) groups excluding carboxylic acids is 2. The lowest BCUT2D eigenvalue weighted by molar-refractivity contribution is -0.132. The normalized spacial score (nSPS) is 44.6. The average Bonchev–Trinajstić information content (AvgIpc) is 3.75. The van der Waals surface area contributed by atoms with Crippen LogP contribution >= 0.6 is 35.3 Å². The summed E-state index contributed by atoms with van der Waals surface area (Å²) in [6, 6.07) is 0.593. The molecule has 15 heteroatoms. The fourth-order valence-corrected chi connectivity index (χ4v) is 13.0. The van der Waals surface area contributed by atoms with Gasteiger partial charge >= 0.3 is 0 Å². The van der Waals surface area contributed by atoms with Gasteiger partial charge in [0.15, 0.2) is 5.78 Å². The van der Waals surface area contributed by atoms with Gasteiger partial charge in [-0.2, -0.15) is 16.8 Å². The topological polar surface area (TPSA) is 162 Å². The molecule has 0 aromatic rings. The summed E-state index contributed by atoms with van der Waals surface area (Å²) in [7, 11) is 0. The van der Waals surface area contributed by atoms with Crippen LogP contribution in [0.15, 0.2) is 11.1 Å². The first-order chi connectivity index (χ1) is 20.5. The highest BCUT2D eigenvalue weighted by atomic mass is 32.2. The summed E-state index contributed by atoms with van der Waals surface area (Å²) < 4.78 is 5.54. The molecule has 0 bridgehead atoms. The minimum Gasteiger partial charge on any atom is -0.378 e. The van der Waals surface area contributed by atoms with Gasteiger partial charge in [-0.05, 0) is 30.9 Å². The Morgan fingerprint density at radius 3 is 2.76 bits per heavy atom. The molecular formula is C27H45N9O3S3. The number of nitrogens with one attached hydrogen (secondary N) is 5. The van der Waals surface area contributed by atoms with E-state index in [0.717, 1.165) is 62.1 Å². The molecule has 7 aliphatic rings. The second-order valence-corrected chi connectivity index (χ2v) is 16.2. The third kappa shape index (κ3) is 6.00. The molecular weight excluding hydrogens is 595 g/mol. The summed E-state index contributed by atoms with van der Waals surface area (Å²) >= 11 is 5.78. The lowest BCUT2D eigenvalue weighted by Gasteiger charge is -2.48. The van der Waals surface area contributed by atoms with Crippen LogP contribution in [0.5, 0.6) is 0 Å². The van der Waals surface area contributed by atoms with Gasteiger partial charge in [0.1, 0.15) is 6.29 Å². The molecule has 9 unspecified atom stereocenters. The van der Waals surface area contributed by atoms with Gasteiger partial charge in [-0.25, -0.2) is 5.43 Å². The van der Waals surface area contributed by atoms with E-state index in [1.165, 1.54) is 12.8 Å². The number of nitrogens with two attached hydrogens (primary N) is 2. The number of ether oxygens (including phenoxy) is 1. The Morgan fingerprint density at radius 2 is 1.95 bits per heavy atom. The summed E-state index contributed by atoms with van der Waals surface area (Å²) in [5.41, 5.74) is 15.9. The van der Waals surface area contributed by atoms with Crippen molar-refractivity contribution < 1.29 is 14.3 Å². The van der Waals surface area contributed by atoms with E-state index in [2.05, 4.69) is 36.6 Å². The number of amides is 1. The number of fused-ring (bicyclic) bond motifs is 2. The Balaban J connectivity index is 1.01. The maximum absolute atomic E-state index is 13.1. The standard InChI is InChI=1S/C27H45N9O3S3/c28-16-3-1-2-4-17(16)33-27-34-25(21(24(29)38)26-30-13-31-36(26)27)32-14-9-19(40-11-14)15-12-41-23-18(37)10-20(42-22(15)23)35-5-7-39-8-6-35/h10,14-17,19,21-23,25-27,30-34H,1-9,11-13,28H2,(H2,29,38)/t14?,15?,16-,17+,19?,21?,22?,23?,25?,26?,27?/m1/s1. The SMILES string of the molecule is NC(=O)C1C(NC2CSC(C3CSC4C(=O)C=C(N5CCOCC5)SC43)C2)NC(N[C@H]2CCCC[C@H]2N)N2NCNC12. The van der Waals surface area contributed by atoms with Crippen LogP contribution in [-0.2, 0) is 14.3 Å². The molecule has 6 aliphatic heterocycles. The second-order valence-electron chi connectivity index (χ2n) is 12.5. The Labute approximate surface area is 260 Å². The van der Waals surface area contributed by atoms with Gasteiger partial charge in [0.2, 0.25) is 5.91 Å². The number of allylic oxidation sites excluding steroid dienone is 1. The highest BCUT2D eigenvalue weighted by Gasteiger charge is 2.52. The summed E-state index contributed by atoms with van der Waals surface area (Å²) in [6.07, 6.45) is 6.66. The largest absolute Gasteiger partial charge is 0.378 e. The van der Waals surface area contributed by atoms with E-state index in [1.807, 2.05) is 41.4 Å². The Hall–Kier alpha value is -0.590. The minimum atomic E-state index is -0.443. The van der Waals surface area contributed by atoms with Gasteiger partial charge in [0.05, 0.1) is 48.4 Å². The number of ketones is 1. The molecule has 0 aromatic heterocycles. The molecule has 234 valence electrons. The molecule has 11 atom stereocenters. The van der Waals surface area contributed by atoms with E-state index < -0.39 is 5.92 Å². The molecule has 0 aromatic carbocycles. The van der Waals surface area contributed by atoms with Gasteiger partial charge < -0.3 is 21.1 Å². The van der Waals surface area contributed by atoms with E-state index in [0.29, 0.717) is 23.1 Å². The van der Waals surface area contributed by atoms with E-state index in [4.69, 9.17) is 16.2 Å². The first kappa shape index (κ1) is 30.1. The molecule has 9 N–H and O–H groups in total. The molecule has 6 fully saturated rings. The molecule has 12 nitrogen and oxygen atoms in total. The Morgan fingerprint density at radius 1 is 1.12 bits per heavy atom. The van der Waals surface area contributed by atoms with Crippen molar-refractivity contribution >= 4 is 47.0 Å². The van der Waals surface area contributed by atoms with E-state index in [-0.39, 0.29) is 53.7 Å². The molecule has 7 rings (SSSR count). The highest BCUT2D eigenvalue weighted by Crippen LogP contribution is 2.51. The first-order valence-electron chi connectivity index (χ1n) is 15.5. The Kier molecular flexibility index (Phi) is 9.33. The van der Waals surface area contributed by atoms with Gasteiger partial charge in [0, 0.05) is 53.5 Å². The number of primary amides is 1. The van der Waals surface area contributed by atoms with Crippen molar-refractivity contribution in [2.75, 3.05) is 44.5 Å². The molecule has 0 spiro atoms. The zero-order valence-corrected chi connectivity index (χ0v) is 26.4. The number of hydrazine groups is 1. The van der Waals surface area contributed by atoms with E-state index in [9.17, 15) is 9.59 Å². The van der Waals surface area contributed by atoms with Crippen molar-refractivity contribution in [3.8, 4) is 0 Å².